The van der Waals surface area contributed by atoms with E-state index in [1.807, 2.05) is 31.2 Å². The summed E-state index contributed by atoms with van der Waals surface area (Å²) in [5.41, 5.74) is 10.2. The quantitative estimate of drug-likeness (QED) is 0.469. The Morgan fingerprint density at radius 2 is 1.75 bits per heavy atom. The first-order valence-electron chi connectivity index (χ1n) is 8.98. The molecule has 140 valence electrons. The van der Waals surface area contributed by atoms with Crippen LogP contribution in [-0.4, -0.2) is 17.1 Å². The molecule has 0 radical (unpaired) electrons. The molecule has 0 amide bonds. The predicted octanol–water partition coefficient (Wildman–Crippen LogP) is 4.38. The number of aromatic hydroxyl groups is 1. The molecule has 1 heterocycles. The van der Waals surface area contributed by atoms with E-state index < -0.39 is 12.0 Å². The van der Waals surface area contributed by atoms with Gasteiger partial charge >= 0.3 is 0 Å². The molecule has 0 spiro atoms. The van der Waals surface area contributed by atoms with Crippen LogP contribution in [-0.2, 0) is 0 Å². The number of nitrogen functional groups attached to an aromatic ring is 1. The fourth-order valence-electron chi connectivity index (χ4n) is 3.58. The van der Waals surface area contributed by atoms with Crippen LogP contribution in [0.5, 0.6) is 11.5 Å². The summed E-state index contributed by atoms with van der Waals surface area (Å²) in [6.07, 6.45) is 0.665. The third-order valence-electron chi connectivity index (χ3n) is 5.10. The maximum atomic E-state index is 13.4. The Morgan fingerprint density at radius 1 is 1.04 bits per heavy atom. The zero-order valence-corrected chi connectivity index (χ0v) is 15.3. The lowest BCUT2D eigenvalue weighted by atomic mass is 9.80. The van der Waals surface area contributed by atoms with Crippen LogP contribution >= 0.6 is 0 Å². The molecule has 4 N–H and O–H groups in total. The van der Waals surface area contributed by atoms with Crippen LogP contribution in [0.15, 0.2) is 60.7 Å². The van der Waals surface area contributed by atoms with Crippen molar-refractivity contribution < 1.29 is 14.6 Å². The number of benzene rings is 3. The van der Waals surface area contributed by atoms with E-state index in [0.29, 0.717) is 28.1 Å². The minimum Gasteiger partial charge on any atom is -0.508 e. The summed E-state index contributed by atoms with van der Waals surface area (Å²) in [5, 5.41) is 17.3. The van der Waals surface area contributed by atoms with Gasteiger partial charge in [-0.3, -0.25) is 4.79 Å². The van der Waals surface area contributed by atoms with Crippen molar-refractivity contribution in [1.82, 2.24) is 0 Å². The molecule has 0 saturated heterocycles. The fraction of sp³-hybridized carbons (Fsp3) is 0.130. The Labute approximate surface area is 162 Å². The first-order chi connectivity index (χ1) is 13.5. The molecule has 0 aromatic heterocycles. The number of nitrogens with one attached hydrogen (secondary N) is 1. The molecule has 2 unspecified atom stereocenters. The summed E-state index contributed by atoms with van der Waals surface area (Å²) in [7, 11) is 0. The number of carbonyl (C=O) groups is 1. The second kappa shape index (κ2) is 6.85. The number of rotatable bonds is 3. The molecule has 4 rings (SSSR count). The van der Waals surface area contributed by atoms with E-state index in [-0.39, 0.29) is 11.5 Å². The smallest absolute Gasteiger partial charge is 0.178 e. The summed E-state index contributed by atoms with van der Waals surface area (Å²) >= 11 is 0. The fourth-order valence-corrected chi connectivity index (χ4v) is 3.58. The van der Waals surface area contributed by atoms with Crippen LogP contribution in [0.4, 0.5) is 5.69 Å². The predicted molar refractivity (Wildman–Crippen MR) is 108 cm³/mol. The van der Waals surface area contributed by atoms with Gasteiger partial charge < -0.3 is 21.0 Å². The van der Waals surface area contributed by atoms with Crippen LogP contribution in [0.3, 0.4) is 0 Å². The molecule has 3 aromatic rings. The first-order valence-corrected chi connectivity index (χ1v) is 8.98. The number of anilines is 1. The zero-order valence-electron chi connectivity index (χ0n) is 15.3. The van der Waals surface area contributed by atoms with Crippen LogP contribution < -0.4 is 10.5 Å². The topological polar surface area (TPSA) is 96.4 Å². The summed E-state index contributed by atoms with van der Waals surface area (Å²) < 4.78 is 6.23. The monoisotopic (exact) mass is 372 g/mol. The van der Waals surface area contributed by atoms with E-state index in [4.69, 9.17) is 15.9 Å². The number of hydrogen-bond donors (Lipinski definition) is 3. The SMILES string of the molecule is Cc1ccc(C2Oc3ccc(O)cc3C(=O)C2c2ccc(C=N)c(N)c2)cc1. The average Bonchev–Trinajstić information content (AvgIpc) is 2.69. The number of carbonyl (C=O) groups excluding carboxylic acids is 1. The van der Waals surface area contributed by atoms with E-state index >= 15 is 0 Å². The lowest BCUT2D eigenvalue weighted by Crippen LogP contribution is -2.30. The standard InChI is InChI=1S/C23H20N2O3/c1-13-2-4-14(5-3-13)23-21(15-6-7-16(12-24)19(25)10-15)22(27)18-11-17(26)8-9-20(18)28-23/h2-12,21,23-24,26H,25H2,1H3. The van der Waals surface area contributed by atoms with E-state index in [1.54, 1.807) is 24.3 Å². The third kappa shape index (κ3) is 3.01. The van der Waals surface area contributed by atoms with Gasteiger partial charge in [-0.05, 0) is 42.3 Å². The lowest BCUT2D eigenvalue weighted by Gasteiger charge is -2.33. The highest BCUT2D eigenvalue weighted by Crippen LogP contribution is 2.45. The van der Waals surface area contributed by atoms with Crippen molar-refractivity contribution in [2.24, 2.45) is 0 Å². The minimum absolute atomic E-state index is 0.0157. The van der Waals surface area contributed by atoms with Crippen molar-refractivity contribution in [2.45, 2.75) is 18.9 Å². The summed E-state index contributed by atoms with van der Waals surface area (Å²) in [6.45, 7) is 2.00. The van der Waals surface area contributed by atoms with Gasteiger partial charge in [0.15, 0.2) is 5.78 Å². The van der Waals surface area contributed by atoms with Gasteiger partial charge in [0, 0.05) is 17.5 Å². The van der Waals surface area contributed by atoms with Crippen molar-refractivity contribution in [1.29, 1.82) is 5.41 Å². The van der Waals surface area contributed by atoms with E-state index in [1.165, 1.54) is 18.3 Å². The Balaban J connectivity index is 1.87. The molecule has 0 saturated carbocycles. The molecule has 2 atom stereocenters. The minimum atomic E-state index is -0.612. The van der Waals surface area contributed by atoms with E-state index in [2.05, 4.69) is 0 Å². The normalized spacial score (nSPS) is 18.2. The van der Waals surface area contributed by atoms with Crippen molar-refractivity contribution in [3.05, 3.63) is 88.5 Å². The first kappa shape index (κ1) is 17.8. The number of ether oxygens (including phenoxy) is 1. The van der Waals surface area contributed by atoms with E-state index in [0.717, 1.165) is 11.1 Å². The van der Waals surface area contributed by atoms with Gasteiger partial charge in [-0.15, -0.1) is 0 Å². The molecule has 1 aliphatic heterocycles. The Hall–Kier alpha value is -3.60. The summed E-state index contributed by atoms with van der Waals surface area (Å²) in [4.78, 5) is 13.4. The number of fused-ring (bicyclic) bond motifs is 1. The second-order valence-corrected chi connectivity index (χ2v) is 7.00. The maximum Gasteiger partial charge on any atom is 0.178 e. The maximum absolute atomic E-state index is 13.4. The van der Waals surface area contributed by atoms with Gasteiger partial charge in [-0.25, -0.2) is 0 Å². The zero-order chi connectivity index (χ0) is 19.8. The molecule has 1 aliphatic rings. The van der Waals surface area contributed by atoms with Gasteiger partial charge in [0.25, 0.3) is 0 Å². The molecule has 0 bridgehead atoms. The number of phenolic OH excluding ortho intramolecular Hbond substituents is 1. The Bertz CT molecular complexity index is 1070. The van der Waals surface area contributed by atoms with Crippen LogP contribution in [0.2, 0.25) is 0 Å². The van der Waals surface area contributed by atoms with Crippen LogP contribution in [0.1, 0.15) is 44.6 Å². The highest BCUT2D eigenvalue weighted by Gasteiger charge is 2.39. The van der Waals surface area contributed by atoms with Crippen LogP contribution in [0, 0.1) is 12.3 Å². The van der Waals surface area contributed by atoms with Gasteiger partial charge in [-0.2, -0.15) is 0 Å². The van der Waals surface area contributed by atoms with E-state index in [9.17, 15) is 9.90 Å². The number of nitrogens with two attached hydrogens (primary N) is 1. The van der Waals surface area contributed by atoms with Crippen LogP contribution in [0.25, 0.3) is 0 Å². The third-order valence-corrected chi connectivity index (χ3v) is 5.10. The van der Waals surface area contributed by atoms with Crippen molar-refractivity contribution in [3.8, 4) is 11.5 Å². The molecular weight excluding hydrogens is 352 g/mol. The van der Waals surface area contributed by atoms with Gasteiger partial charge in [0.1, 0.15) is 17.6 Å². The molecule has 0 fully saturated rings. The molecule has 5 heteroatoms. The molecule has 0 aliphatic carbocycles. The molecular formula is C23H20N2O3. The van der Waals surface area contributed by atoms with Gasteiger partial charge in [-0.1, -0.05) is 42.0 Å². The summed E-state index contributed by atoms with van der Waals surface area (Å²) in [6, 6.07) is 17.7. The number of phenols is 1. The number of aryl methyl sites for hydroxylation is 1. The number of hydrogen-bond acceptors (Lipinski definition) is 5. The van der Waals surface area contributed by atoms with Crippen molar-refractivity contribution >= 4 is 17.7 Å². The average molecular weight is 372 g/mol. The number of ketones is 1. The molecule has 28 heavy (non-hydrogen) atoms. The largest absolute Gasteiger partial charge is 0.508 e. The van der Waals surface area contributed by atoms with Gasteiger partial charge in [0.05, 0.1) is 11.5 Å². The van der Waals surface area contributed by atoms with Crippen molar-refractivity contribution in [2.75, 3.05) is 5.73 Å². The highest BCUT2D eigenvalue weighted by molar-refractivity contribution is 6.05. The Morgan fingerprint density at radius 3 is 2.43 bits per heavy atom. The second-order valence-electron chi connectivity index (χ2n) is 7.00. The summed E-state index contributed by atoms with van der Waals surface area (Å²) in [5.74, 6) is -0.278. The number of Topliss-reactive ketones (excluding diaryl/α,β-unsaturated/α-hetero) is 1. The van der Waals surface area contributed by atoms with Crippen molar-refractivity contribution in [3.63, 3.8) is 0 Å². The molecule has 5 nitrogen and oxygen atoms in total. The Kier molecular flexibility index (Phi) is 4.35. The van der Waals surface area contributed by atoms with Gasteiger partial charge in [0.2, 0.25) is 0 Å². The lowest BCUT2D eigenvalue weighted by molar-refractivity contribution is 0.0781. The molecule has 3 aromatic carbocycles. The highest BCUT2D eigenvalue weighted by atomic mass is 16.5.